The number of H-pyrrole nitrogens is 1. The average molecular weight is 436 g/mol. The molecule has 1 unspecified atom stereocenters. The van der Waals surface area contributed by atoms with Gasteiger partial charge in [-0.15, -0.1) is 0 Å². The molecule has 7 nitrogen and oxygen atoms in total. The Hall–Kier alpha value is -2.67. The molecular formula is C25H33N5O2. The van der Waals surface area contributed by atoms with Gasteiger partial charge >= 0.3 is 0 Å². The number of anilines is 1. The van der Waals surface area contributed by atoms with E-state index in [-0.39, 0.29) is 11.5 Å². The maximum absolute atomic E-state index is 12.5. The summed E-state index contributed by atoms with van der Waals surface area (Å²) < 4.78 is 0. The van der Waals surface area contributed by atoms with Crippen molar-refractivity contribution < 1.29 is 4.79 Å². The first-order chi connectivity index (χ1) is 15.6. The van der Waals surface area contributed by atoms with E-state index < -0.39 is 0 Å². The van der Waals surface area contributed by atoms with Gasteiger partial charge < -0.3 is 15.2 Å². The number of carbonyl (C=O) groups excluding carboxylic acids is 1. The highest BCUT2D eigenvalue weighted by Gasteiger charge is 2.32. The summed E-state index contributed by atoms with van der Waals surface area (Å²) in [7, 11) is 1.62. The van der Waals surface area contributed by atoms with Gasteiger partial charge in [0.25, 0.3) is 11.5 Å². The standard InChI is InChI=1S/C25H33N5O2/c1-26-25(32)23-7-5-21(15-27-23)29-12-9-20(10-13-29)30-11-8-19(16-30)22-6-4-18(24(31)28-22)14-17-2-3-17/h4-7,15,17,19-20H,2-3,8-14,16H2,1H3,(H,26,32)(H,28,31). The topological polar surface area (TPSA) is 81.3 Å². The van der Waals surface area contributed by atoms with Gasteiger partial charge in [0.05, 0.1) is 11.9 Å². The van der Waals surface area contributed by atoms with E-state index in [1.165, 1.54) is 12.8 Å². The van der Waals surface area contributed by atoms with Gasteiger partial charge in [-0.2, -0.15) is 0 Å². The Bertz CT molecular complexity index is 1010. The number of aromatic nitrogens is 2. The third-order valence-corrected chi connectivity index (χ3v) is 7.43. The molecule has 7 heteroatoms. The molecule has 32 heavy (non-hydrogen) atoms. The molecular weight excluding hydrogens is 402 g/mol. The molecule has 4 heterocycles. The monoisotopic (exact) mass is 435 g/mol. The minimum absolute atomic E-state index is 0.122. The molecule has 2 N–H and O–H groups in total. The Kier molecular flexibility index (Phi) is 6.00. The molecule has 2 saturated heterocycles. The largest absolute Gasteiger partial charge is 0.370 e. The zero-order chi connectivity index (χ0) is 22.1. The van der Waals surface area contributed by atoms with Gasteiger partial charge in [0.1, 0.15) is 5.69 Å². The minimum atomic E-state index is -0.155. The number of piperidine rings is 1. The summed E-state index contributed by atoms with van der Waals surface area (Å²) >= 11 is 0. The van der Waals surface area contributed by atoms with Crippen LogP contribution in [-0.4, -0.2) is 60.0 Å². The van der Waals surface area contributed by atoms with Crippen molar-refractivity contribution in [3.63, 3.8) is 0 Å². The number of hydrogen-bond acceptors (Lipinski definition) is 5. The lowest BCUT2D eigenvalue weighted by molar-refractivity contribution is 0.0958. The van der Waals surface area contributed by atoms with E-state index in [0.29, 0.717) is 17.7 Å². The summed E-state index contributed by atoms with van der Waals surface area (Å²) in [6.45, 7) is 4.13. The zero-order valence-corrected chi connectivity index (χ0v) is 18.8. The predicted octanol–water partition coefficient (Wildman–Crippen LogP) is 2.54. The number of likely N-dealkylation sites (tertiary alicyclic amines) is 1. The second-order valence-corrected chi connectivity index (χ2v) is 9.60. The Morgan fingerprint density at radius 3 is 2.56 bits per heavy atom. The zero-order valence-electron chi connectivity index (χ0n) is 18.8. The number of nitrogens with zero attached hydrogens (tertiary/aromatic N) is 3. The van der Waals surface area contributed by atoms with Crippen molar-refractivity contribution in [1.82, 2.24) is 20.2 Å². The Labute approximate surface area is 189 Å². The van der Waals surface area contributed by atoms with Crippen LogP contribution in [0, 0.1) is 5.92 Å². The SMILES string of the molecule is CNC(=O)c1ccc(N2CCC(N3CCC(c4ccc(CC5CC5)c(=O)[nH]4)C3)CC2)cn1. The lowest BCUT2D eigenvalue weighted by Gasteiger charge is -2.37. The van der Waals surface area contributed by atoms with Crippen LogP contribution in [0.1, 0.15) is 59.8 Å². The summed E-state index contributed by atoms with van der Waals surface area (Å²) in [5.41, 5.74) is 3.72. The van der Waals surface area contributed by atoms with Gasteiger partial charge in [0, 0.05) is 49.9 Å². The van der Waals surface area contributed by atoms with E-state index >= 15 is 0 Å². The highest BCUT2D eigenvalue weighted by molar-refractivity contribution is 5.92. The molecule has 2 aromatic rings. The van der Waals surface area contributed by atoms with Crippen LogP contribution in [0.25, 0.3) is 0 Å². The number of pyridine rings is 2. The third kappa shape index (κ3) is 4.58. The predicted molar refractivity (Wildman–Crippen MR) is 125 cm³/mol. The smallest absolute Gasteiger partial charge is 0.269 e. The molecule has 3 aliphatic rings. The quantitative estimate of drug-likeness (QED) is 0.729. The van der Waals surface area contributed by atoms with Crippen LogP contribution in [0.2, 0.25) is 0 Å². The molecule has 0 aromatic carbocycles. The molecule has 2 aliphatic heterocycles. The molecule has 3 fully saturated rings. The van der Waals surface area contributed by atoms with Gasteiger partial charge in [0.15, 0.2) is 0 Å². The summed E-state index contributed by atoms with van der Waals surface area (Å²) in [4.78, 5) is 36.7. The fourth-order valence-electron chi connectivity index (χ4n) is 5.25. The molecule has 1 saturated carbocycles. The second kappa shape index (κ2) is 9.06. The molecule has 170 valence electrons. The number of aromatic amines is 1. The fourth-order valence-corrected chi connectivity index (χ4v) is 5.25. The lowest BCUT2D eigenvalue weighted by atomic mass is 10.0. The van der Waals surface area contributed by atoms with Crippen molar-refractivity contribution in [2.24, 2.45) is 5.92 Å². The van der Waals surface area contributed by atoms with E-state index in [4.69, 9.17) is 0 Å². The number of rotatable bonds is 6. The van der Waals surface area contributed by atoms with Crippen molar-refractivity contribution in [2.75, 3.05) is 38.1 Å². The Balaban J connectivity index is 1.14. The summed E-state index contributed by atoms with van der Waals surface area (Å²) in [5, 5.41) is 2.61. The van der Waals surface area contributed by atoms with E-state index in [1.54, 1.807) is 19.3 Å². The molecule has 5 rings (SSSR count). The van der Waals surface area contributed by atoms with Crippen LogP contribution in [0.5, 0.6) is 0 Å². The fraction of sp³-hybridized carbons (Fsp3) is 0.560. The normalized spacial score (nSPS) is 22.3. The van der Waals surface area contributed by atoms with E-state index in [1.807, 2.05) is 6.07 Å². The lowest BCUT2D eigenvalue weighted by Crippen LogP contribution is -2.44. The maximum atomic E-state index is 12.5. The molecule has 0 spiro atoms. The van der Waals surface area contributed by atoms with Crippen molar-refractivity contribution in [3.05, 3.63) is 57.8 Å². The highest BCUT2D eigenvalue weighted by atomic mass is 16.1. The maximum Gasteiger partial charge on any atom is 0.269 e. The van der Waals surface area contributed by atoms with Crippen molar-refractivity contribution in [1.29, 1.82) is 0 Å². The number of amides is 1. The summed E-state index contributed by atoms with van der Waals surface area (Å²) in [6.07, 6.45) is 8.66. The average Bonchev–Trinajstić information content (AvgIpc) is 3.52. The van der Waals surface area contributed by atoms with Crippen LogP contribution in [0.15, 0.2) is 35.3 Å². The first-order valence-electron chi connectivity index (χ1n) is 12.0. The second-order valence-electron chi connectivity index (χ2n) is 9.60. The number of nitrogens with one attached hydrogen (secondary N) is 2. The van der Waals surface area contributed by atoms with Crippen LogP contribution >= 0.6 is 0 Å². The van der Waals surface area contributed by atoms with Gasteiger partial charge in [-0.1, -0.05) is 6.07 Å². The number of hydrogen-bond donors (Lipinski definition) is 2. The first-order valence-corrected chi connectivity index (χ1v) is 12.0. The van der Waals surface area contributed by atoms with Gasteiger partial charge in [-0.3, -0.25) is 14.5 Å². The third-order valence-electron chi connectivity index (χ3n) is 7.43. The van der Waals surface area contributed by atoms with Crippen molar-refractivity contribution in [2.45, 2.75) is 50.5 Å². The van der Waals surface area contributed by atoms with E-state index in [2.05, 4.69) is 37.2 Å². The first kappa shape index (κ1) is 21.2. The Morgan fingerprint density at radius 1 is 1.09 bits per heavy atom. The molecule has 0 bridgehead atoms. The number of carbonyl (C=O) groups is 1. The van der Waals surface area contributed by atoms with Gasteiger partial charge in [-0.25, -0.2) is 4.98 Å². The minimum Gasteiger partial charge on any atom is -0.370 e. The summed E-state index contributed by atoms with van der Waals surface area (Å²) in [6, 6.07) is 8.60. The molecule has 1 atom stereocenters. The van der Waals surface area contributed by atoms with Crippen LogP contribution in [-0.2, 0) is 6.42 Å². The molecule has 2 aromatic heterocycles. The van der Waals surface area contributed by atoms with Crippen molar-refractivity contribution in [3.8, 4) is 0 Å². The van der Waals surface area contributed by atoms with Crippen molar-refractivity contribution >= 4 is 11.6 Å². The van der Waals surface area contributed by atoms with Gasteiger partial charge in [-0.05, 0) is 69.2 Å². The van der Waals surface area contributed by atoms with Crippen LogP contribution in [0.3, 0.4) is 0 Å². The highest BCUT2D eigenvalue weighted by Crippen LogP contribution is 2.33. The Morgan fingerprint density at radius 2 is 1.91 bits per heavy atom. The van der Waals surface area contributed by atoms with Crippen LogP contribution in [0.4, 0.5) is 5.69 Å². The molecule has 0 radical (unpaired) electrons. The van der Waals surface area contributed by atoms with Crippen LogP contribution < -0.4 is 15.8 Å². The van der Waals surface area contributed by atoms with E-state index in [9.17, 15) is 9.59 Å². The molecule has 1 amide bonds. The summed E-state index contributed by atoms with van der Waals surface area (Å²) in [5.74, 6) is 1.01. The molecule has 1 aliphatic carbocycles. The van der Waals surface area contributed by atoms with Gasteiger partial charge in [0.2, 0.25) is 0 Å². The van der Waals surface area contributed by atoms with E-state index in [0.717, 1.165) is 74.7 Å².